The standard InChI is InChI=1S/C15H19BO3/c1-10-11-8-6-7-9-12(11)17-13(10)16-18-14(2,3)15(4,5)19-16/h6-9H,1-5H3. The molecule has 19 heavy (non-hydrogen) atoms. The first-order chi connectivity index (χ1) is 8.82. The summed E-state index contributed by atoms with van der Waals surface area (Å²) in [4.78, 5) is 0. The largest absolute Gasteiger partial charge is 0.533 e. The van der Waals surface area contributed by atoms with Gasteiger partial charge in [0.1, 0.15) is 11.2 Å². The molecule has 1 aliphatic rings. The summed E-state index contributed by atoms with van der Waals surface area (Å²) < 4.78 is 18.0. The van der Waals surface area contributed by atoms with E-state index < -0.39 is 7.12 Å². The van der Waals surface area contributed by atoms with E-state index in [1.165, 1.54) is 0 Å². The van der Waals surface area contributed by atoms with Gasteiger partial charge in [0.15, 0.2) is 0 Å². The molecule has 0 bridgehead atoms. The van der Waals surface area contributed by atoms with Crippen LogP contribution in [0.2, 0.25) is 0 Å². The van der Waals surface area contributed by atoms with Crippen molar-refractivity contribution in [2.24, 2.45) is 0 Å². The van der Waals surface area contributed by atoms with Gasteiger partial charge in [-0.2, -0.15) is 0 Å². The molecule has 3 nitrogen and oxygen atoms in total. The van der Waals surface area contributed by atoms with Gasteiger partial charge >= 0.3 is 7.12 Å². The minimum Gasteiger partial charge on any atom is -0.464 e. The minimum atomic E-state index is -0.433. The molecule has 1 saturated heterocycles. The topological polar surface area (TPSA) is 31.6 Å². The first-order valence-electron chi connectivity index (χ1n) is 6.65. The molecular formula is C15H19BO3. The van der Waals surface area contributed by atoms with E-state index in [1.807, 2.05) is 52.8 Å². The van der Waals surface area contributed by atoms with Crippen molar-refractivity contribution >= 4 is 23.7 Å². The van der Waals surface area contributed by atoms with Crippen LogP contribution in [0.15, 0.2) is 28.7 Å². The van der Waals surface area contributed by atoms with Crippen molar-refractivity contribution in [2.45, 2.75) is 45.8 Å². The van der Waals surface area contributed by atoms with Gasteiger partial charge < -0.3 is 13.7 Å². The van der Waals surface area contributed by atoms with Crippen LogP contribution in [-0.2, 0) is 9.31 Å². The molecule has 4 heteroatoms. The fourth-order valence-electron chi connectivity index (χ4n) is 2.37. The third-order valence-corrected chi connectivity index (χ3v) is 4.35. The molecule has 1 fully saturated rings. The molecule has 0 saturated carbocycles. The number of aryl methyl sites for hydroxylation is 1. The number of benzene rings is 1. The van der Waals surface area contributed by atoms with Gasteiger partial charge in [-0.3, -0.25) is 0 Å². The third kappa shape index (κ3) is 1.82. The monoisotopic (exact) mass is 258 g/mol. The normalized spacial score (nSPS) is 21.2. The Morgan fingerprint density at radius 1 is 0.947 bits per heavy atom. The molecule has 1 aromatic heterocycles. The van der Waals surface area contributed by atoms with E-state index in [2.05, 4.69) is 6.07 Å². The van der Waals surface area contributed by atoms with Crippen LogP contribution < -0.4 is 5.66 Å². The highest BCUT2D eigenvalue weighted by atomic mass is 16.7. The van der Waals surface area contributed by atoms with Gasteiger partial charge in [-0.1, -0.05) is 18.2 Å². The van der Waals surface area contributed by atoms with Crippen molar-refractivity contribution < 1.29 is 13.7 Å². The summed E-state index contributed by atoms with van der Waals surface area (Å²) in [6.07, 6.45) is 0. The second kappa shape index (κ2) is 3.87. The van der Waals surface area contributed by atoms with Gasteiger partial charge in [-0.05, 0) is 46.2 Å². The summed E-state index contributed by atoms with van der Waals surface area (Å²) in [7, 11) is -0.433. The van der Waals surface area contributed by atoms with Crippen LogP contribution in [0.25, 0.3) is 11.0 Å². The predicted molar refractivity (Wildman–Crippen MR) is 76.7 cm³/mol. The van der Waals surface area contributed by atoms with E-state index in [1.54, 1.807) is 0 Å². The van der Waals surface area contributed by atoms with Crippen molar-refractivity contribution in [1.82, 2.24) is 0 Å². The SMILES string of the molecule is Cc1c(B2OC(C)(C)C(C)(C)O2)oc2ccccc12. The minimum absolute atomic E-state index is 0.344. The van der Waals surface area contributed by atoms with Crippen molar-refractivity contribution in [2.75, 3.05) is 0 Å². The highest BCUT2D eigenvalue weighted by Gasteiger charge is 2.53. The lowest BCUT2D eigenvalue weighted by Crippen LogP contribution is -2.41. The maximum absolute atomic E-state index is 6.04. The second-order valence-corrected chi connectivity index (χ2v) is 6.18. The fraction of sp³-hybridized carbons (Fsp3) is 0.467. The molecular weight excluding hydrogens is 239 g/mol. The predicted octanol–water partition coefficient (Wildman–Crippen LogP) is 3.04. The van der Waals surface area contributed by atoms with Crippen LogP contribution in [0.4, 0.5) is 0 Å². The summed E-state index contributed by atoms with van der Waals surface area (Å²) in [6, 6.07) is 8.01. The molecule has 0 spiro atoms. The maximum atomic E-state index is 6.04. The molecule has 0 N–H and O–H groups in total. The lowest BCUT2D eigenvalue weighted by molar-refractivity contribution is 0.00578. The molecule has 1 aliphatic heterocycles. The first-order valence-corrected chi connectivity index (χ1v) is 6.65. The average molecular weight is 258 g/mol. The Labute approximate surface area is 114 Å². The molecule has 0 aliphatic carbocycles. The van der Waals surface area contributed by atoms with Crippen molar-refractivity contribution in [3.63, 3.8) is 0 Å². The van der Waals surface area contributed by atoms with E-state index in [0.29, 0.717) is 0 Å². The number of hydrogen-bond acceptors (Lipinski definition) is 3. The van der Waals surface area contributed by atoms with Gasteiger partial charge in [-0.15, -0.1) is 0 Å². The molecule has 0 unspecified atom stereocenters. The van der Waals surface area contributed by atoms with E-state index in [4.69, 9.17) is 13.7 Å². The Hall–Kier alpha value is -1.26. The molecule has 2 heterocycles. The van der Waals surface area contributed by atoms with Crippen molar-refractivity contribution in [3.05, 3.63) is 29.8 Å². The van der Waals surface area contributed by atoms with Crippen LogP contribution in [0, 0.1) is 6.92 Å². The van der Waals surface area contributed by atoms with Crippen LogP contribution in [0.5, 0.6) is 0 Å². The molecule has 1 aromatic carbocycles. The maximum Gasteiger partial charge on any atom is 0.533 e. The van der Waals surface area contributed by atoms with Crippen LogP contribution >= 0.6 is 0 Å². The molecule has 100 valence electrons. The number of hydrogen-bond donors (Lipinski definition) is 0. The van der Waals surface area contributed by atoms with Gasteiger partial charge in [0.05, 0.1) is 11.2 Å². The van der Waals surface area contributed by atoms with E-state index in [0.717, 1.165) is 22.2 Å². The summed E-state index contributed by atoms with van der Waals surface area (Å²) in [5.41, 5.74) is 2.06. The van der Waals surface area contributed by atoms with Gasteiger partial charge in [0, 0.05) is 5.39 Å². The Bertz CT molecular complexity index is 611. The molecule has 3 rings (SSSR count). The summed E-state index contributed by atoms with van der Waals surface area (Å²) in [5, 5.41) is 1.12. The Kier molecular flexibility index (Phi) is 2.60. The number of para-hydroxylation sites is 1. The molecule has 0 radical (unpaired) electrons. The number of furan rings is 1. The zero-order valence-corrected chi connectivity index (χ0v) is 12.1. The van der Waals surface area contributed by atoms with Gasteiger partial charge in [0.25, 0.3) is 0 Å². The summed E-state index contributed by atoms with van der Waals surface area (Å²) >= 11 is 0. The van der Waals surface area contributed by atoms with Crippen LogP contribution in [-0.4, -0.2) is 18.3 Å². The van der Waals surface area contributed by atoms with E-state index in [9.17, 15) is 0 Å². The zero-order chi connectivity index (χ0) is 13.8. The highest BCUT2D eigenvalue weighted by Crippen LogP contribution is 2.37. The van der Waals surface area contributed by atoms with E-state index in [-0.39, 0.29) is 11.2 Å². The molecule has 2 aromatic rings. The van der Waals surface area contributed by atoms with Crippen LogP contribution in [0.3, 0.4) is 0 Å². The van der Waals surface area contributed by atoms with Gasteiger partial charge in [0.2, 0.25) is 0 Å². The zero-order valence-electron chi connectivity index (χ0n) is 12.1. The first kappa shape index (κ1) is 12.8. The van der Waals surface area contributed by atoms with Crippen molar-refractivity contribution in [3.8, 4) is 0 Å². The van der Waals surface area contributed by atoms with Crippen molar-refractivity contribution in [1.29, 1.82) is 0 Å². The second-order valence-electron chi connectivity index (χ2n) is 6.18. The average Bonchev–Trinajstić information content (AvgIpc) is 2.76. The lowest BCUT2D eigenvalue weighted by Gasteiger charge is -2.32. The van der Waals surface area contributed by atoms with E-state index >= 15 is 0 Å². The Morgan fingerprint density at radius 3 is 2.11 bits per heavy atom. The summed E-state index contributed by atoms with van der Waals surface area (Å²) in [5.74, 6) is 0. The number of rotatable bonds is 1. The smallest absolute Gasteiger partial charge is 0.464 e. The Balaban J connectivity index is 2.05. The Morgan fingerprint density at radius 2 is 1.53 bits per heavy atom. The lowest BCUT2D eigenvalue weighted by atomic mass is 9.83. The summed E-state index contributed by atoms with van der Waals surface area (Å²) in [6.45, 7) is 10.2. The quantitative estimate of drug-likeness (QED) is 0.737. The number of fused-ring (bicyclic) bond motifs is 1. The highest BCUT2D eigenvalue weighted by molar-refractivity contribution is 6.61. The van der Waals surface area contributed by atoms with Gasteiger partial charge in [-0.25, -0.2) is 0 Å². The third-order valence-electron chi connectivity index (χ3n) is 4.35. The molecule has 0 amide bonds. The van der Waals surface area contributed by atoms with Crippen LogP contribution in [0.1, 0.15) is 33.3 Å². The fourth-order valence-corrected chi connectivity index (χ4v) is 2.37. The molecule has 0 atom stereocenters.